The molecule has 0 bridgehead atoms. The predicted octanol–water partition coefficient (Wildman–Crippen LogP) is 3.72. The fourth-order valence-electron chi connectivity index (χ4n) is 2.43. The molecule has 1 aliphatic heterocycles. The minimum atomic E-state index is -0.711. The summed E-state index contributed by atoms with van der Waals surface area (Å²) in [6.45, 7) is 13.1. The van der Waals surface area contributed by atoms with Gasteiger partial charge in [-0.1, -0.05) is 54.4 Å². The molecule has 0 aromatic heterocycles. The van der Waals surface area contributed by atoms with Crippen molar-refractivity contribution in [3.63, 3.8) is 0 Å². The summed E-state index contributed by atoms with van der Waals surface area (Å²) in [5.41, 5.74) is -0.0711. The third-order valence-corrected chi connectivity index (χ3v) is 5.00. The fourth-order valence-corrected chi connectivity index (χ4v) is 2.43. The summed E-state index contributed by atoms with van der Waals surface area (Å²) in [6.07, 6.45) is 2.42. The summed E-state index contributed by atoms with van der Waals surface area (Å²) < 4.78 is 10.3. The zero-order valence-electron chi connectivity index (χ0n) is 14.3. The van der Waals surface area contributed by atoms with E-state index in [4.69, 9.17) is 9.47 Å². The molecule has 1 aliphatic rings. The smallest absolute Gasteiger partial charge is 0.347 e. The lowest BCUT2D eigenvalue weighted by atomic mass is 9.68. The zero-order chi connectivity index (χ0) is 16.3. The van der Waals surface area contributed by atoms with E-state index in [-0.39, 0.29) is 22.7 Å². The van der Waals surface area contributed by atoms with Gasteiger partial charge >= 0.3 is 11.9 Å². The molecular formula is C17H30O4. The molecule has 1 saturated heterocycles. The number of ether oxygens (including phenoxy) is 2. The summed E-state index contributed by atoms with van der Waals surface area (Å²) in [4.78, 5) is 24.1. The second kappa shape index (κ2) is 6.80. The lowest BCUT2D eigenvalue weighted by molar-refractivity contribution is -0.167. The molecule has 0 N–H and O–H groups in total. The van der Waals surface area contributed by atoms with Crippen molar-refractivity contribution in [1.29, 1.82) is 0 Å². The van der Waals surface area contributed by atoms with Crippen LogP contribution in [-0.2, 0) is 19.1 Å². The van der Waals surface area contributed by atoms with Crippen LogP contribution in [0.4, 0.5) is 0 Å². The van der Waals surface area contributed by atoms with Crippen LogP contribution in [0.3, 0.4) is 0 Å². The van der Waals surface area contributed by atoms with E-state index in [1.165, 1.54) is 0 Å². The molecule has 4 nitrogen and oxygen atoms in total. The minimum absolute atomic E-state index is 0.0757. The molecular weight excluding hydrogens is 268 g/mol. The average Bonchev–Trinajstić information content (AvgIpc) is 2.81. The van der Waals surface area contributed by atoms with Crippen LogP contribution in [0.1, 0.15) is 67.2 Å². The number of rotatable bonds is 7. The van der Waals surface area contributed by atoms with Crippen molar-refractivity contribution < 1.29 is 19.1 Å². The van der Waals surface area contributed by atoms with Gasteiger partial charge in [-0.2, -0.15) is 0 Å². The third kappa shape index (κ3) is 4.72. The van der Waals surface area contributed by atoms with Gasteiger partial charge in [0, 0.05) is 6.42 Å². The second-order valence-electron chi connectivity index (χ2n) is 7.50. The Labute approximate surface area is 128 Å². The van der Waals surface area contributed by atoms with Crippen molar-refractivity contribution in [2.45, 2.75) is 73.3 Å². The molecule has 4 heteroatoms. The first-order chi connectivity index (χ1) is 9.63. The van der Waals surface area contributed by atoms with Crippen molar-refractivity contribution >= 4 is 11.9 Å². The van der Waals surface area contributed by atoms with Gasteiger partial charge in [0.25, 0.3) is 0 Å². The molecule has 2 unspecified atom stereocenters. The Hall–Kier alpha value is -1.06. The van der Waals surface area contributed by atoms with Gasteiger partial charge < -0.3 is 9.47 Å². The van der Waals surface area contributed by atoms with E-state index < -0.39 is 12.1 Å². The Morgan fingerprint density at radius 1 is 1.29 bits per heavy atom. The molecule has 0 aromatic rings. The molecule has 0 aliphatic carbocycles. The maximum Gasteiger partial charge on any atom is 0.347 e. The van der Waals surface area contributed by atoms with Gasteiger partial charge in [-0.05, 0) is 17.3 Å². The Balaban J connectivity index is 2.85. The van der Waals surface area contributed by atoms with Crippen LogP contribution in [0.15, 0.2) is 0 Å². The van der Waals surface area contributed by atoms with E-state index in [9.17, 15) is 9.59 Å². The number of hydrogen-bond acceptors (Lipinski definition) is 4. The molecule has 2 atom stereocenters. The van der Waals surface area contributed by atoms with E-state index in [0.29, 0.717) is 13.0 Å². The Bertz CT molecular complexity index is 384. The summed E-state index contributed by atoms with van der Waals surface area (Å²) in [7, 11) is 0. The maximum absolute atomic E-state index is 12.6. The number of esters is 2. The molecule has 0 aromatic carbocycles. The topological polar surface area (TPSA) is 52.6 Å². The molecule has 0 radical (unpaired) electrons. The van der Waals surface area contributed by atoms with Crippen LogP contribution < -0.4 is 0 Å². The molecule has 122 valence electrons. The van der Waals surface area contributed by atoms with Crippen LogP contribution in [0, 0.1) is 16.7 Å². The second-order valence-corrected chi connectivity index (χ2v) is 7.50. The standard InChI is InChI=1S/C17H30O4/c1-7-16(3,4)11-12(17(5,6)8-2)14(18)21-13-9-10-20-15(13)19/h12-13H,7-11H2,1-6H3. The maximum atomic E-state index is 12.6. The van der Waals surface area contributed by atoms with Gasteiger partial charge in [0.15, 0.2) is 0 Å². The highest BCUT2D eigenvalue weighted by Crippen LogP contribution is 2.41. The van der Waals surface area contributed by atoms with Crippen molar-refractivity contribution in [1.82, 2.24) is 0 Å². The highest BCUT2D eigenvalue weighted by molar-refractivity contribution is 5.81. The molecule has 1 fully saturated rings. The van der Waals surface area contributed by atoms with Crippen molar-refractivity contribution in [3.05, 3.63) is 0 Å². The van der Waals surface area contributed by atoms with Crippen molar-refractivity contribution in [3.8, 4) is 0 Å². The summed E-state index contributed by atoms with van der Waals surface area (Å²) in [5.74, 6) is -0.871. The van der Waals surface area contributed by atoms with E-state index >= 15 is 0 Å². The highest BCUT2D eigenvalue weighted by atomic mass is 16.6. The molecule has 0 saturated carbocycles. The van der Waals surface area contributed by atoms with Gasteiger partial charge in [0.1, 0.15) is 0 Å². The van der Waals surface area contributed by atoms with Crippen molar-refractivity contribution in [2.75, 3.05) is 6.61 Å². The predicted molar refractivity (Wildman–Crippen MR) is 81.7 cm³/mol. The van der Waals surface area contributed by atoms with Crippen LogP contribution in [-0.4, -0.2) is 24.6 Å². The monoisotopic (exact) mass is 298 g/mol. The van der Waals surface area contributed by atoms with Gasteiger partial charge in [-0.25, -0.2) is 4.79 Å². The highest BCUT2D eigenvalue weighted by Gasteiger charge is 2.41. The Kier molecular flexibility index (Phi) is 5.83. The van der Waals surface area contributed by atoms with E-state index in [1.807, 2.05) is 0 Å². The molecule has 1 rings (SSSR count). The van der Waals surface area contributed by atoms with Crippen molar-refractivity contribution in [2.24, 2.45) is 16.7 Å². The van der Waals surface area contributed by atoms with Crippen LogP contribution in [0.5, 0.6) is 0 Å². The van der Waals surface area contributed by atoms with Crippen LogP contribution >= 0.6 is 0 Å². The lowest BCUT2D eigenvalue weighted by Gasteiger charge is -2.37. The number of cyclic esters (lactones) is 1. The lowest BCUT2D eigenvalue weighted by Crippen LogP contribution is -2.38. The SMILES string of the molecule is CCC(C)(C)CC(C(=O)OC1CCOC1=O)C(C)(C)CC. The van der Waals surface area contributed by atoms with E-state index in [0.717, 1.165) is 19.3 Å². The molecule has 1 heterocycles. The number of hydrogen-bond donors (Lipinski definition) is 0. The van der Waals surface area contributed by atoms with E-state index in [2.05, 4.69) is 41.5 Å². The Morgan fingerprint density at radius 2 is 1.90 bits per heavy atom. The van der Waals surface area contributed by atoms with Crippen LogP contribution in [0.25, 0.3) is 0 Å². The summed E-state index contributed by atoms with van der Waals surface area (Å²) in [6, 6.07) is 0. The van der Waals surface area contributed by atoms with Crippen LogP contribution in [0.2, 0.25) is 0 Å². The summed E-state index contributed by atoms with van der Waals surface area (Å²) >= 11 is 0. The first kappa shape index (κ1) is 18.0. The number of carbonyl (C=O) groups excluding carboxylic acids is 2. The minimum Gasteiger partial charge on any atom is -0.463 e. The fraction of sp³-hybridized carbons (Fsp3) is 0.882. The average molecular weight is 298 g/mol. The summed E-state index contributed by atoms with van der Waals surface area (Å²) in [5, 5.41) is 0. The van der Waals surface area contributed by atoms with E-state index in [1.54, 1.807) is 0 Å². The number of carbonyl (C=O) groups is 2. The molecule has 21 heavy (non-hydrogen) atoms. The Morgan fingerprint density at radius 3 is 2.33 bits per heavy atom. The first-order valence-electron chi connectivity index (χ1n) is 8.00. The largest absolute Gasteiger partial charge is 0.463 e. The third-order valence-electron chi connectivity index (χ3n) is 5.00. The van der Waals surface area contributed by atoms with Gasteiger partial charge in [-0.3, -0.25) is 4.79 Å². The molecule has 0 spiro atoms. The zero-order valence-corrected chi connectivity index (χ0v) is 14.3. The normalized spacial score (nSPS) is 21.0. The van der Waals surface area contributed by atoms with Gasteiger partial charge in [0.05, 0.1) is 12.5 Å². The van der Waals surface area contributed by atoms with Gasteiger partial charge in [-0.15, -0.1) is 0 Å². The molecule has 0 amide bonds. The first-order valence-corrected chi connectivity index (χ1v) is 8.00. The quantitative estimate of drug-likeness (QED) is 0.672. The van der Waals surface area contributed by atoms with Gasteiger partial charge in [0.2, 0.25) is 6.10 Å².